The molecule has 0 bridgehead atoms. The maximum atomic E-state index is 12.8. The van der Waals surface area contributed by atoms with Crippen LogP contribution in [0, 0.1) is 0 Å². The summed E-state index contributed by atoms with van der Waals surface area (Å²) in [6.07, 6.45) is 2.52. The monoisotopic (exact) mass is 426 g/mol. The number of hydrogen-bond acceptors (Lipinski definition) is 7. The predicted molar refractivity (Wildman–Crippen MR) is 119 cm³/mol. The first-order chi connectivity index (χ1) is 14.5. The van der Waals surface area contributed by atoms with Gasteiger partial charge in [0.1, 0.15) is 16.5 Å². The average molecular weight is 427 g/mol. The van der Waals surface area contributed by atoms with E-state index >= 15 is 0 Å². The van der Waals surface area contributed by atoms with Gasteiger partial charge in [0, 0.05) is 35.1 Å². The summed E-state index contributed by atoms with van der Waals surface area (Å²) in [4.78, 5) is 33.1. The lowest BCUT2D eigenvalue weighted by molar-refractivity contribution is -0.145. The van der Waals surface area contributed by atoms with Crippen molar-refractivity contribution >= 4 is 34.0 Å². The van der Waals surface area contributed by atoms with Gasteiger partial charge in [-0.15, -0.1) is 11.3 Å². The zero-order valence-electron chi connectivity index (χ0n) is 17.6. The Bertz CT molecular complexity index is 1130. The number of carbonyl (C=O) groups excluding carboxylic acids is 1. The van der Waals surface area contributed by atoms with Crippen LogP contribution in [-0.2, 0) is 16.0 Å². The van der Waals surface area contributed by atoms with E-state index < -0.39 is 5.63 Å². The first-order valence-corrected chi connectivity index (χ1v) is 11.4. The van der Waals surface area contributed by atoms with Crippen LogP contribution in [-0.4, -0.2) is 30.6 Å². The smallest absolute Gasteiger partial charge is 0.346 e. The molecule has 2 heterocycles. The van der Waals surface area contributed by atoms with Crippen LogP contribution >= 0.6 is 11.3 Å². The Labute approximate surface area is 179 Å². The fraction of sp³-hybridized carbons (Fsp3) is 0.435. The standard InChI is InChI=1S/C23H26N2O4S/c1-4-25(5-2)15-11-10-14-12-17(23(27)29-18(14)13-15)21-24-20-16(22(26)28-6-3)8-7-9-19(20)30-21/h10-13,16H,4-9H2,1-3H3. The largest absolute Gasteiger partial charge is 0.465 e. The number of aryl methyl sites for hydroxylation is 1. The van der Waals surface area contributed by atoms with Gasteiger partial charge >= 0.3 is 11.6 Å². The molecule has 30 heavy (non-hydrogen) atoms. The Morgan fingerprint density at radius 3 is 2.80 bits per heavy atom. The molecule has 0 saturated carbocycles. The highest BCUT2D eigenvalue weighted by atomic mass is 32.1. The lowest BCUT2D eigenvalue weighted by Gasteiger charge is -2.20. The maximum Gasteiger partial charge on any atom is 0.346 e. The molecule has 4 rings (SSSR count). The summed E-state index contributed by atoms with van der Waals surface area (Å²) in [5.41, 5.74) is 2.40. The van der Waals surface area contributed by atoms with Gasteiger partial charge in [-0.1, -0.05) is 0 Å². The zero-order chi connectivity index (χ0) is 21.3. The number of ether oxygens (including phenoxy) is 1. The number of hydrogen-bond donors (Lipinski definition) is 0. The molecule has 1 atom stereocenters. The summed E-state index contributed by atoms with van der Waals surface area (Å²) >= 11 is 1.48. The fourth-order valence-electron chi connectivity index (χ4n) is 4.04. The van der Waals surface area contributed by atoms with Gasteiger partial charge in [-0.2, -0.15) is 0 Å². The molecular formula is C23H26N2O4S. The van der Waals surface area contributed by atoms with E-state index in [1.807, 2.05) is 24.3 Å². The summed E-state index contributed by atoms with van der Waals surface area (Å²) < 4.78 is 10.9. The molecule has 0 radical (unpaired) electrons. The van der Waals surface area contributed by atoms with Crippen molar-refractivity contribution in [3.63, 3.8) is 0 Å². The Morgan fingerprint density at radius 1 is 1.27 bits per heavy atom. The molecule has 0 amide bonds. The number of nitrogens with zero attached hydrogens (tertiary/aromatic N) is 2. The van der Waals surface area contributed by atoms with Gasteiger partial charge in [0.15, 0.2) is 0 Å². The van der Waals surface area contributed by atoms with Crippen molar-refractivity contribution in [2.75, 3.05) is 24.6 Å². The van der Waals surface area contributed by atoms with E-state index in [0.29, 0.717) is 22.8 Å². The van der Waals surface area contributed by atoms with Crippen molar-refractivity contribution in [3.8, 4) is 10.6 Å². The molecule has 7 heteroatoms. The molecule has 2 aromatic heterocycles. The summed E-state index contributed by atoms with van der Waals surface area (Å²) in [6.45, 7) is 8.13. The molecule has 1 aromatic carbocycles. The van der Waals surface area contributed by atoms with Gasteiger partial charge < -0.3 is 14.1 Å². The Hall–Kier alpha value is -2.67. The molecule has 1 aliphatic carbocycles. The number of esters is 1. The molecule has 0 saturated heterocycles. The van der Waals surface area contributed by atoms with Crippen LogP contribution < -0.4 is 10.5 Å². The third-order valence-electron chi connectivity index (χ3n) is 5.60. The molecule has 0 N–H and O–H groups in total. The minimum absolute atomic E-state index is 0.232. The normalized spacial score (nSPS) is 15.8. The van der Waals surface area contributed by atoms with Gasteiger partial charge in [-0.25, -0.2) is 9.78 Å². The Balaban J connectivity index is 1.73. The molecule has 158 valence electrons. The first kappa shape index (κ1) is 20.6. The third-order valence-corrected chi connectivity index (χ3v) is 6.77. The van der Waals surface area contributed by atoms with E-state index in [4.69, 9.17) is 14.1 Å². The van der Waals surface area contributed by atoms with Crippen LogP contribution in [0.4, 0.5) is 5.69 Å². The molecular weight excluding hydrogens is 400 g/mol. The van der Waals surface area contributed by atoms with Gasteiger partial charge in [0.05, 0.1) is 17.9 Å². The predicted octanol–water partition coefficient (Wildman–Crippen LogP) is 4.75. The van der Waals surface area contributed by atoms with Crippen molar-refractivity contribution in [3.05, 3.63) is 45.3 Å². The minimum atomic E-state index is -0.405. The molecule has 3 aromatic rings. The van der Waals surface area contributed by atoms with E-state index in [2.05, 4.69) is 18.7 Å². The number of benzene rings is 1. The number of carbonyl (C=O) groups is 1. The quantitative estimate of drug-likeness (QED) is 0.419. The van der Waals surface area contributed by atoms with Crippen molar-refractivity contribution in [1.82, 2.24) is 4.98 Å². The first-order valence-electron chi connectivity index (χ1n) is 10.5. The Kier molecular flexibility index (Phi) is 5.90. The maximum absolute atomic E-state index is 12.8. The zero-order valence-corrected chi connectivity index (χ0v) is 18.4. The average Bonchev–Trinajstić information content (AvgIpc) is 3.18. The van der Waals surface area contributed by atoms with Crippen molar-refractivity contribution in [1.29, 1.82) is 0 Å². The molecule has 0 spiro atoms. The fourth-order valence-corrected chi connectivity index (χ4v) is 5.21. The molecule has 0 aliphatic heterocycles. The number of rotatable bonds is 6. The van der Waals surface area contributed by atoms with E-state index in [-0.39, 0.29) is 11.9 Å². The number of thiazole rings is 1. The highest BCUT2D eigenvalue weighted by Gasteiger charge is 2.32. The number of anilines is 1. The van der Waals surface area contributed by atoms with Crippen molar-refractivity contribution < 1.29 is 13.9 Å². The molecule has 0 fully saturated rings. The second kappa shape index (κ2) is 8.60. The summed E-state index contributed by atoms with van der Waals surface area (Å²) in [6, 6.07) is 7.78. The lowest BCUT2D eigenvalue weighted by Crippen LogP contribution is -2.21. The third kappa shape index (κ3) is 3.74. The van der Waals surface area contributed by atoms with Crippen LogP contribution in [0.3, 0.4) is 0 Å². The van der Waals surface area contributed by atoms with Crippen LogP contribution in [0.15, 0.2) is 33.5 Å². The number of aromatic nitrogens is 1. The van der Waals surface area contributed by atoms with Crippen LogP contribution in [0.2, 0.25) is 0 Å². The second-order valence-corrected chi connectivity index (χ2v) is 8.45. The molecule has 6 nitrogen and oxygen atoms in total. The van der Waals surface area contributed by atoms with Crippen molar-refractivity contribution in [2.45, 2.75) is 46.0 Å². The summed E-state index contributed by atoms with van der Waals surface area (Å²) in [5, 5.41) is 1.47. The second-order valence-electron chi connectivity index (χ2n) is 7.37. The SMILES string of the molecule is CCOC(=O)C1CCCc2sc(-c3cc4ccc(N(CC)CC)cc4oc3=O)nc21. The summed E-state index contributed by atoms with van der Waals surface area (Å²) in [7, 11) is 0. The summed E-state index contributed by atoms with van der Waals surface area (Å²) in [5.74, 6) is -0.576. The van der Waals surface area contributed by atoms with Gasteiger partial charge in [0.25, 0.3) is 0 Å². The van der Waals surface area contributed by atoms with E-state index in [1.54, 1.807) is 6.92 Å². The molecule has 1 aliphatic rings. The number of fused-ring (bicyclic) bond motifs is 2. The Morgan fingerprint density at radius 2 is 2.07 bits per heavy atom. The molecule has 1 unspecified atom stereocenters. The van der Waals surface area contributed by atoms with Crippen LogP contribution in [0.5, 0.6) is 0 Å². The van der Waals surface area contributed by atoms with E-state index in [0.717, 1.165) is 54.0 Å². The van der Waals surface area contributed by atoms with Gasteiger partial charge in [0.2, 0.25) is 0 Å². The van der Waals surface area contributed by atoms with Crippen molar-refractivity contribution in [2.24, 2.45) is 0 Å². The lowest BCUT2D eigenvalue weighted by atomic mass is 9.91. The van der Waals surface area contributed by atoms with E-state index in [1.165, 1.54) is 11.3 Å². The topological polar surface area (TPSA) is 72.6 Å². The van der Waals surface area contributed by atoms with Gasteiger partial charge in [-0.05, 0) is 58.2 Å². The van der Waals surface area contributed by atoms with Gasteiger partial charge in [-0.3, -0.25) is 4.79 Å². The highest BCUT2D eigenvalue weighted by molar-refractivity contribution is 7.15. The highest BCUT2D eigenvalue weighted by Crippen LogP contribution is 2.38. The minimum Gasteiger partial charge on any atom is -0.465 e. The van der Waals surface area contributed by atoms with E-state index in [9.17, 15) is 9.59 Å². The van der Waals surface area contributed by atoms with Crippen LogP contribution in [0.25, 0.3) is 21.5 Å². The van der Waals surface area contributed by atoms with Crippen LogP contribution in [0.1, 0.15) is 50.1 Å².